The standard InChI is InChI=1S/C19H20N2O6/c1-3-19(18(23)24,14-8-6-5-7-9-14)20-17(22)13-10-11-16(27-4-2)15(12-13)21(25)26/h5-12H,3-4H2,1-2H3,(H,20,22)(H,23,24). The van der Waals surface area contributed by atoms with Crippen molar-refractivity contribution in [3.63, 3.8) is 0 Å². The van der Waals surface area contributed by atoms with Gasteiger partial charge in [-0.3, -0.25) is 14.9 Å². The van der Waals surface area contributed by atoms with Gasteiger partial charge in [-0.1, -0.05) is 37.3 Å². The van der Waals surface area contributed by atoms with E-state index in [0.717, 1.165) is 6.07 Å². The molecule has 2 N–H and O–H groups in total. The second-order valence-electron chi connectivity index (χ2n) is 5.76. The van der Waals surface area contributed by atoms with Crippen molar-refractivity contribution in [2.75, 3.05) is 6.61 Å². The number of carboxylic acids is 1. The average molecular weight is 372 g/mol. The molecule has 1 unspecified atom stereocenters. The Morgan fingerprint density at radius 3 is 2.37 bits per heavy atom. The van der Waals surface area contributed by atoms with Crippen LogP contribution < -0.4 is 10.1 Å². The lowest BCUT2D eigenvalue weighted by molar-refractivity contribution is -0.385. The van der Waals surface area contributed by atoms with Crippen molar-refractivity contribution >= 4 is 17.6 Å². The molecule has 2 aromatic rings. The number of carbonyl (C=O) groups is 2. The number of carboxylic acid groups (broad SMARTS) is 1. The van der Waals surface area contributed by atoms with E-state index in [4.69, 9.17) is 4.74 Å². The monoisotopic (exact) mass is 372 g/mol. The highest BCUT2D eigenvalue weighted by Gasteiger charge is 2.40. The molecule has 0 bridgehead atoms. The molecule has 8 nitrogen and oxygen atoms in total. The van der Waals surface area contributed by atoms with Crippen molar-refractivity contribution in [3.05, 3.63) is 69.8 Å². The van der Waals surface area contributed by atoms with Gasteiger partial charge in [0.1, 0.15) is 0 Å². The third-order valence-electron chi connectivity index (χ3n) is 4.21. The Kier molecular flexibility index (Phi) is 6.12. The van der Waals surface area contributed by atoms with Crippen molar-refractivity contribution in [2.24, 2.45) is 0 Å². The summed E-state index contributed by atoms with van der Waals surface area (Å²) in [6, 6.07) is 12.1. The van der Waals surface area contributed by atoms with Crippen molar-refractivity contribution < 1.29 is 24.4 Å². The van der Waals surface area contributed by atoms with Gasteiger partial charge in [0.05, 0.1) is 11.5 Å². The summed E-state index contributed by atoms with van der Waals surface area (Å²) in [5, 5.41) is 23.6. The topological polar surface area (TPSA) is 119 Å². The van der Waals surface area contributed by atoms with Gasteiger partial charge < -0.3 is 15.2 Å². The largest absolute Gasteiger partial charge is 0.487 e. The van der Waals surface area contributed by atoms with Crippen molar-refractivity contribution in [1.29, 1.82) is 0 Å². The minimum atomic E-state index is -1.65. The first kappa shape index (κ1) is 19.9. The van der Waals surface area contributed by atoms with Gasteiger partial charge in [-0.25, -0.2) is 4.79 Å². The van der Waals surface area contributed by atoms with Crippen LogP contribution in [-0.2, 0) is 10.3 Å². The fraction of sp³-hybridized carbons (Fsp3) is 0.263. The lowest BCUT2D eigenvalue weighted by atomic mass is 9.87. The Morgan fingerprint density at radius 1 is 1.19 bits per heavy atom. The smallest absolute Gasteiger partial charge is 0.334 e. The van der Waals surface area contributed by atoms with Gasteiger partial charge in [-0.05, 0) is 31.0 Å². The van der Waals surface area contributed by atoms with E-state index in [1.165, 1.54) is 12.1 Å². The molecule has 2 aromatic carbocycles. The molecule has 1 atom stereocenters. The third kappa shape index (κ3) is 4.05. The van der Waals surface area contributed by atoms with Gasteiger partial charge in [-0.2, -0.15) is 0 Å². The van der Waals surface area contributed by atoms with E-state index in [1.54, 1.807) is 44.2 Å². The van der Waals surface area contributed by atoms with Crippen LogP contribution in [0.4, 0.5) is 5.69 Å². The van der Waals surface area contributed by atoms with E-state index >= 15 is 0 Å². The van der Waals surface area contributed by atoms with E-state index in [-0.39, 0.29) is 30.0 Å². The molecule has 1 amide bonds. The first-order valence-electron chi connectivity index (χ1n) is 8.38. The highest BCUT2D eigenvalue weighted by atomic mass is 16.6. The number of amides is 1. The summed E-state index contributed by atoms with van der Waals surface area (Å²) in [6.07, 6.45) is 0.0945. The molecule has 0 spiro atoms. The fourth-order valence-electron chi connectivity index (χ4n) is 2.76. The highest BCUT2D eigenvalue weighted by molar-refractivity contribution is 5.99. The zero-order valence-electron chi connectivity index (χ0n) is 15.0. The summed E-state index contributed by atoms with van der Waals surface area (Å²) in [4.78, 5) is 35.3. The molecule has 0 heterocycles. The van der Waals surface area contributed by atoms with Crippen LogP contribution in [0.2, 0.25) is 0 Å². The highest BCUT2D eigenvalue weighted by Crippen LogP contribution is 2.30. The maximum absolute atomic E-state index is 12.7. The van der Waals surface area contributed by atoms with E-state index in [9.17, 15) is 24.8 Å². The predicted molar refractivity (Wildman–Crippen MR) is 97.8 cm³/mol. The number of nitro groups is 1. The summed E-state index contributed by atoms with van der Waals surface area (Å²) in [5.41, 5.74) is -1.62. The Labute approximate surface area is 155 Å². The zero-order valence-corrected chi connectivity index (χ0v) is 15.0. The maximum Gasteiger partial charge on any atom is 0.334 e. The number of ether oxygens (including phenoxy) is 1. The van der Waals surface area contributed by atoms with Crippen LogP contribution in [0.25, 0.3) is 0 Å². The Hall–Kier alpha value is -3.42. The predicted octanol–water partition coefficient (Wildman–Crippen LogP) is 3.11. The van der Waals surface area contributed by atoms with Gasteiger partial charge in [0.2, 0.25) is 0 Å². The normalized spacial score (nSPS) is 12.7. The van der Waals surface area contributed by atoms with Crippen LogP contribution in [0.3, 0.4) is 0 Å². The number of nitrogens with one attached hydrogen (secondary N) is 1. The molecule has 0 fully saturated rings. The Bertz CT molecular complexity index is 853. The molecule has 0 saturated carbocycles. The number of nitro benzene ring substituents is 1. The molecule has 0 aromatic heterocycles. The lowest BCUT2D eigenvalue weighted by Crippen LogP contribution is -2.51. The summed E-state index contributed by atoms with van der Waals surface area (Å²) in [5.74, 6) is -1.90. The molecule has 0 aliphatic carbocycles. The minimum absolute atomic E-state index is 0.0276. The average Bonchev–Trinajstić information content (AvgIpc) is 2.66. The number of hydrogen-bond acceptors (Lipinski definition) is 5. The van der Waals surface area contributed by atoms with Crippen LogP contribution in [-0.4, -0.2) is 28.5 Å². The van der Waals surface area contributed by atoms with Gasteiger partial charge in [-0.15, -0.1) is 0 Å². The molecule has 0 saturated heterocycles. The van der Waals surface area contributed by atoms with E-state index in [1.807, 2.05) is 0 Å². The lowest BCUT2D eigenvalue weighted by Gasteiger charge is -2.30. The van der Waals surface area contributed by atoms with Crippen molar-refractivity contribution in [2.45, 2.75) is 25.8 Å². The second-order valence-corrected chi connectivity index (χ2v) is 5.76. The van der Waals surface area contributed by atoms with Crippen molar-refractivity contribution in [1.82, 2.24) is 5.32 Å². The second kappa shape index (κ2) is 8.31. The molecule has 2 rings (SSSR count). The minimum Gasteiger partial charge on any atom is -0.487 e. The number of benzene rings is 2. The van der Waals surface area contributed by atoms with E-state index in [0.29, 0.717) is 5.56 Å². The van der Waals surface area contributed by atoms with Crippen LogP contribution in [0.1, 0.15) is 36.2 Å². The number of carbonyl (C=O) groups excluding carboxylic acids is 1. The zero-order chi connectivity index (χ0) is 20.0. The molecule has 142 valence electrons. The third-order valence-corrected chi connectivity index (χ3v) is 4.21. The summed E-state index contributed by atoms with van der Waals surface area (Å²) in [6.45, 7) is 3.56. The number of rotatable bonds is 8. The molecular weight excluding hydrogens is 352 g/mol. The van der Waals surface area contributed by atoms with Gasteiger partial charge in [0.15, 0.2) is 11.3 Å². The van der Waals surface area contributed by atoms with E-state index in [2.05, 4.69) is 5.32 Å². The van der Waals surface area contributed by atoms with Crippen molar-refractivity contribution in [3.8, 4) is 5.75 Å². The van der Waals surface area contributed by atoms with Gasteiger partial charge in [0.25, 0.3) is 5.91 Å². The van der Waals surface area contributed by atoms with Gasteiger partial charge in [0, 0.05) is 11.6 Å². The van der Waals surface area contributed by atoms with Gasteiger partial charge >= 0.3 is 11.7 Å². The molecule has 27 heavy (non-hydrogen) atoms. The quantitative estimate of drug-likeness (QED) is 0.543. The summed E-state index contributed by atoms with van der Waals surface area (Å²) < 4.78 is 5.20. The Morgan fingerprint density at radius 2 is 1.85 bits per heavy atom. The molecular formula is C19H20N2O6. The Balaban J connectivity index is 2.43. The fourth-order valence-corrected chi connectivity index (χ4v) is 2.76. The SMILES string of the molecule is CCOc1ccc(C(=O)NC(CC)(C(=O)O)c2ccccc2)cc1[N+](=O)[O-]. The molecule has 0 radical (unpaired) electrons. The van der Waals surface area contributed by atoms with Crippen LogP contribution in [0.15, 0.2) is 48.5 Å². The summed E-state index contributed by atoms with van der Waals surface area (Å²) in [7, 11) is 0. The molecule has 8 heteroatoms. The summed E-state index contributed by atoms with van der Waals surface area (Å²) >= 11 is 0. The number of hydrogen-bond donors (Lipinski definition) is 2. The molecule has 0 aliphatic rings. The molecule has 0 aliphatic heterocycles. The maximum atomic E-state index is 12.7. The number of nitrogens with zero attached hydrogens (tertiary/aromatic N) is 1. The first-order chi connectivity index (χ1) is 12.9. The van der Waals surface area contributed by atoms with Crippen LogP contribution in [0.5, 0.6) is 5.75 Å². The van der Waals surface area contributed by atoms with E-state index < -0.39 is 22.3 Å². The number of aliphatic carboxylic acids is 1. The van der Waals surface area contributed by atoms with Crippen LogP contribution >= 0.6 is 0 Å². The first-order valence-corrected chi connectivity index (χ1v) is 8.38. The van der Waals surface area contributed by atoms with Crippen LogP contribution in [0, 0.1) is 10.1 Å².